The van der Waals surface area contributed by atoms with Gasteiger partial charge in [0.2, 0.25) is 11.0 Å². The number of aromatic nitrogens is 2. The molecule has 2 aromatic rings. The van der Waals surface area contributed by atoms with E-state index in [-0.39, 0.29) is 0 Å². The molecule has 0 bridgehead atoms. The number of hydrogen-bond acceptors (Lipinski definition) is 5. The third kappa shape index (κ3) is 5.03. The Hall–Kier alpha value is -1.66. The van der Waals surface area contributed by atoms with Crippen LogP contribution in [0.25, 0.3) is 0 Å². The second-order valence-electron chi connectivity index (χ2n) is 7.85. The van der Waals surface area contributed by atoms with Gasteiger partial charge in [0.15, 0.2) is 0 Å². The third-order valence-corrected chi connectivity index (χ3v) is 6.94. The van der Waals surface area contributed by atoms with Crippen LogP contribution in [0.2, 0.25) is 5.02 Å². The number of piperazine rings is 1. The van der Waals surface area contributed by atoms with Crippen LogP contribution in [0.3, 0.4) is 0 Å². The van der Waals surface area contributed by atoms with Gasteiger partial charge in [0.1, 0.15) is 5.82 Å². The number of halogens is 1. The predicted molar refractivity (Wildman–Crippen MR) is 114 cm³/mol. The monoisotopic (exact) mass is 418 g/mol. The van der Waals surface area contributed by atoms with E-state index in [0.29, 0.717) is 18.7 Å². The van der Waals surface area contributed by atoms with Gasteiger partial charge in [0, 0.05) is 55.6 Å². The molecule has 0 atom stereocenters. The fourth-order valence-electron chi connectivity index (χ4n) is 4.16. The number of amides is 1. The molecule has 28 heavy (non-hydrogen) atoms. The van der Waals surface area contributed by atoms with Crippen LogP contribution >= 0.6 is 23.1 Å². The van der Waals surface area contributed by atoms with Crippen LogP contribution in [-0.2, 0) is 11.2 Å². The van der Waals surface area contributed by atoms with Gasteiger partial charge in [-0.2, -0.15) is 4.37 Å². The molecule has 0 radical (unpaired) electrons. The van der Waals surface area contributed by atoms with Crippen molar-refractivity contribution < 1.29 is 4.79 Å². The van der Waals surface area contributed by atoms with E-state index in [2.05, 4.69) is 9.27 Å². The minimum Gasteiger partial charge on any atom is -0.343 e. The van der Waals surface area contributed by atoms with Crippen LogP contribution in [0.15, 0.2) is 24.3 Å². The molecule has 0 unspecified atom stereocenters. The van der Waals surface area contributed by atoms with Gasteiger partial charge in [0.25, 0.3) is 0 Å². The first-order chi connectivity index (χ1) is 13.7. The van der Waals surface area contributed by atoms with Gasteiger partial charge in [-0.05, 0) is 30.0 Å². The molecule has 1 aromatic heterocycles. The highest BCUT2D eigenvalue weighted by molar-refractivity contribution is 7.09. The lowest BCUT2D eigenvalue weighted by Crippen LogP contribution is -2.48. The molecule has 1 aliphatic carbocycles. The molecular weight excluding hydrogens is 392 g/mol. The number of benzene rings is 1. The Balaban J connectivity index is 1.25. The summed E-state index contributed by atoms with van der Waals surface area (Å²) in [5.41, 5.74) is 1.16. The van der Waals surface area contributed by atoms with Crippen molar-refractivity contribution in [3.05, 3.63) is 40.7 Å². The zero-order valence-corrected chi connectivity index (χ0v) is 17.7. The average Bonchev–Trinajstić information content (AvgIpc) is 3.40. The minimum absolute atomic E-state index is 0.326. The van der Waals surface area contributed by atoms with Crippen LogP contribution in [-0.4, -0.2) is 46.3 Å². The van der Waals surface area contributed by atoms with E-state index in [1.807, 2.05) is 29.2 Å². The molecule has 1 saturated heterocycles. The molecule has 5 nitrogen and oxygen atoms in total. The maximum atomic E-state index is 12.5. The first kappa shape index (κ1) is 19.6. The second-order valence-corrected chi connectivity index (χ2v) is 9.02. The second kappa shape index (κ2) is 9.23. The lowest BCUT2D eigenvalue weighted by atomic mass is 10.0. The first-order valence-corrected chi connectivity index (χ1v) is 11.4. The minimum atomic E-state index is 0.326. The smallest absolute Gasteiger partial charge is 0.222 e. The highest BCUT2D eigenvalue weighted by Crippen LogP contribution is 2.29. The van der Waals surface area contributed by atoms with Crippen molar-refractivity contribution in [2.75, 3.05) is 31.1 Å². The Bertz CT molecular complexity index is 780. The van der Waals surface area contributed by atoms with Crippen LogP contribution < -0.4 is 4.90 Å². The van der Waals surface area contributed by atoms with Gasteiger partial charge in [0.05, 0.1) is 0 Å². The normalized spacial score (nSPS) is 18.0. The molecule has 150 valence electrons. The summed E-state index contributed by atoms with van der Waals surface area (Å²) < 4.78 is 4.51. The van der Waals surface area contributed by atoms with E-state index < -0.39 is 0 Å². The summed E-state index contributed by atoms with van der Waals surface area (Å²) >= 11 is 7.39. The van der Waals surface area contributed by atoms with Crippen molar-refractivity contribution >= 4 is 34.2 Å². The number of hydrogen-bond donors (Lipinski definition) is 0. The van der Waals surface area contributed by atoms with Crippen LogP contribution in [0.4, 0.5) is 5.13 Å². The lowest BCUT2D eigenvalue weighted by Gasteiger charge is -2.34. The van der Waals surface area contributed by atoms with E-state index in [0.717, 1.165) is 60.1 Å². The fraction of sp³-hybridized carbons (Fsp3) is 0.571. The fourth-order valence-corrected chi connectivity index (χ4v) is 5.02. The largest absolute Gasteiger partial charge is 0.343 e. The molecule has 0 spiro atoms. The number of anilines is 1. The van der Waals surface area contributed by atoms with Gasteiger partial charge in [-0.3, -0.25) is 4.79 Å². The zero-order valence-electron chi connectivity index (χ0n) is 16.1. The van der Waals surface area contributed by atoms with Gasteiger partial charge in [-0.15, -0.1) is 0 Å². The summed E-state index contributed by atoms with van der Waals surface area (Å²) in [5, 5.41) is 1.70. The Labute approximate surface area is 175 Å². The van der Waals surface area contributed by atoms with Crippen molar-refractivity contribution in [3.8, 4) is 0 Å². The van der Waals surface area contributed by atoms with Crippen LogP contribution in [0, 0.1) is 5.92 Å². The first-order valence-electron chi connectivity index (χ1n) is 10.3. The van der Waals surface area contributed by atoms with Gasteiger partial charge >= 0.3 is 0 Å². The lowest BCUT2D eigenvalue weighted by molar-refractivity contribution is -0.131. The maximum absolute atomic E-state index is 12.5. The SMILES string of the molecule is O=C(CCC1CCCC1)N1CCN(c2nc(Cc3ccc(Cl)cc3)ns2)CC1. The summed E-state index contributed by atoms with van der Waals surface area (Å²) in [6.45, 7) is 3.25. The molecule has 2 heterocycles. The molecule has 1 amide bonds. The molecule has 1 saturated carbocycles. The highest BCUT2D eigenvalue weighted by Gasteiger charge is 2.24. The molecular formula is C21H27ClN4OS. The average molecular weight is 419 g/mol. The van der Waals surface area contributed by atoms with Crippen molar-refractivity contribution in [3.63, 3.8) is 0 Å². The molecule has 2 fully saturated rings. The Morgan fingerprint density at radius 2 is 1.82 bits per heavy atom. The van der Waals surface area contributed by atoms with E-state index in [1.165, 1.54) is 37.2 Å². The van der Waals surface area contributed by atoms with Crippen LogP contribution in [0.5, 0.6) is 0 Å². The quantitative estimate of drug-likeness (QED) is 0.697. The van der Waals surface area contributed by atoms with Gasteiger partial charge in [-0.25, -0.2) is 4.98 Å². The van der Waals surface area contributed by atoms with E-state index in [9.17, 15) is 4.79 Å². The standard InChI is InChI=1S/C21H27ClN4OS/c22-18-8-5-17(6-9-18)15-19-23-21(28-24-19)26-13-11-25(12-14-26)20(27)10-7-16-3-1-2-4-16/h5-6,8-9,16H,1-4,7,10-15H2. The molecule has 2 aliphatic rings. The van der Waals surface area contributed by atoms with Crippen LogP contribution in [0.1, 0.15) is 49.9 Å². The third-order valence-electron chi connectivity index (χ3n) is 5.88. The summed E-state index contributed by atoms with van der Waals surface area (Å²) in [7, 11) is 0. The summed E-state index contributed by atoms with van der Waals surface area (Å²) in [4.78, 5) is 21.5. The Morgan fingerprint density at radius 1 is 1.11 bits per heavy atom. The van der Waals surface area contributed by atoms with Crippen molar-refractivity contribution in [1.82, 2.24) is 14.3 Å². The topological polar surface area (TPSA) is 49.3 Å². The van der Waals surface area contributed by atoms with Gasteiger partial charge < -0.3 is 9.80 Å². The Morgan fingerprint density at radius 3 is 2.54 bits per heavy atom. The zero-order chi connectivity index (χ0) is 19.3. The molecule has 7 heteroatoms. The number of nitrogens with zero attached hydrogens (tertiary/aromatic N) is 4. The van der Waals surface area contributed by atoms with Crippen molar-refractivity contribution in [1.29, 1.82) is 0 Å². The van der Waals surface area contributed by atoms with E-state index >= 15 is 0 Å². The molecule has 4 rings (SSSR count). The van der Waals surface area contributed by atoms with Crippen molar-refractivity contribution in [2.45, 2.75) is 44.9 Å². The number of rotatable bonds is 6. The molecule has 1 aliphatic heterocycles. The Kier molecular flexibility index (Phi) is 6.47. The molecule has 1 aromatic carbocycles. The molecule has 0 N–H and O–H groups in total. The van der Waals surface area contributed by atoms with Crippen molar-refractivity contribution in [2.24, 2.45) is 5.92 Å². The summed E-state index contributed by atoms with van der Waals surface area (Å²) in [6, 6.07) is 7.82. The van der Waals surface area contributed by atoms with Gasteiger partial charge in [-0.1, -0.05) is 49.4 Å². The summed E-state index contributed by atoms with van der Waals surface area (Å²) in [5.74, 6) is 1.95. The van der Waals surface area contributed by atoms with E-state index in [4.69, 9.17) is 16.6 Å². The predicted octanol–water partition coefficient (Wildman–Crippen LogP) is 4.40. The number of carbonyl (C=O) groups excluding carboxylic acids is 1. The highest BCUT2D eigenvalue weighted by atomic mass is 35.5. The number of carbonyl (C=O) groups is 1. The summed E-state index contributed by atoms with van der Waals surface area (Å²) in [6.07, 6.45) is 7.83. The maximum Gasteiger partial charge on any atom is 0.222 e. The van der Waals surface area contributed by atoms with E-state index in [1.54, 1.807) is 0 Å².